The van der Waals surface area contributed by atoms with Crippen LogP contribution in [-0.2, 0) is 9.59 Å². The van der Waals surface area contributed by atoms with Crippen LogP contribution in [0, 0.1) is 12.8 Å². The molecule has 1 aliphatic rings. The minimum absolute atomic E-state index is 0.0746. The van der Waals surface area contributed by atoms with Crippen LogP contribution >= 0.6 is 11.6 Å². The number of piperazine rings is 1. The molecule has 0 aliphatic carbocycles. The van der Waals surface area contributed by atoms with Crippen LogP contribution in [0.3, 0.4) is 0 Å². The Morgan fingerprint density at radius 1 is 1.06 bits per heavy atom. The number of hydrogen-bond acceptors (Lipinski definition) is 4. The molecule has 0 atom stereocenters. The van der Waals surface area contributed by atoms with Crippen LogP contribution in [-0.4, -0.2) is 49.5 Å². The summed E-state index contributed by atoms with van der Waals surface area (Å²) in [6.07, 6.45) is 0.586. The number of nitrogens with one attached hydrogen (secondary N) is 1. The van der Waals surface area contributed by atoms with Crippen molar-refractivity contribution < 1.29 is 14.3 Å². The largest absolute Gasteiger partial charge is 0.484 e. The summed E-state index contributed by atoms with van der Waals surface area (Å²) in [5, 5.41) is 3.38. The summed E-state index contributed by atoms with van der Waals surface area (Å²) in [6.45, 7) is 8.89. The lowest BCUT2D eigenvalue weighted by molar-refractivity contribution is -0.132. The lowest BCUT2D eigenvalue weighted by atomic mass is 10.1. The molecule has 2 aromatic carbocycles. The summed E-state index contributed by atoms with van der Waals surface area (Å²) in [6, 6.07) is 13.0. The number of aryl methyl sites for hydroxylation is 1. The van der Waals surface area contributed by atoms with Gasteiger partial charge < -0.3 is 19.9 Å². The first-order valence-electron chi connectivity index (χ1n) is 10.6. The van der Waals surface area contributed by atoms with E-state index in [1.807, 2.05) is 48.2 Å². The van der Waals surface area contributed by atoms with Crippen molar-refractivity contribution in [1.82, 2.24) is 4.90 Å². The van der Waals surface area contributed by atoms with Crippen molar-refractivity contribution in [3.8, 4) is 5.75 Å². The van der Waals surface area contributed by atoms with Crippen molar-refractivity contribution in [2.45, 2.75) is 27.2 Å². The molecule has 1 N–H and O–H groups in total. The first-order valence-corrected chi connectivity index (χ1v) is 11.0. The highest BCUT2D eigenvalue weighted by molar-refractivity contribution is 6.33. The molecule has 2 aromatic rings. The Balaban J connectivity index is 1.51. The quantitative estimate of drug-likeness (QED) is 0.690. The van der Waals surface area contributed by atoms with Gasteiger partial charge in [-0.25, -0.2) is 0 Å². The number of amides is 2. The van der Waals surface area contributed by atoms with Crippen LogP contribution < -0.4 is 15.0 Å². The van der Waals surface area contributed by atoms with Crippen molar-refractivity contribution >= 4 is 34.8 Å². The number of nitrogens with zero attached hydrogens (tertiary/aromatic N) is 2. The Morgan fingerprint density at radius 3 is 2.35 bits per heavy atom. The maximum absolute atomic E-state index is 12.3. The zero-order chi connectivity index (χ0) is 22.4. The first-order chi connectivity index (χ1) is 14.8. The van der Waals surface area contributed by atoms with E-state index in [9.17, 15) is 9.59 Å². The highest BCUT2D eigenvalue weighted by atomic mass is 35.5. The lowest BCUT2D eigenvalue weighted by Crippen LogP contribution is -2.49. The molecule has 0 unspecified atom stereocenters. The second kappa shape index (κ2) is 10.5. The molecule has 0 bridgehead atoms. The summed E-state index contributed by atoms with van der Waals surface area (Å²) in [5.41, 5.74) is 2.67. The maximum Gasteiger partial charge on any atom is 0.262 e. The van der Waals surface area contributed by atoms with Crippen molar-refractivity contribution in [1.29, 1.82) is 0 Å². The van der Waals surface area contributed by atoms with Crippen LogP contribution in [0.25, 0.3) is 0 Å². The zero-order valence-electron chi connectivity index (χ0n) is 18.4. The topological polar surface area (TPSA) is 61.9 Å². The summed E-state index contributed by atoms with van der Waals surface area (Å²) >= 11 is 6.50. The van der Waals surface area contributed by atoms with Crippen LogP contribution in [0.5, 0.6) is 5.75 Å². The minimum atomic E-state index is -0.248. The van der Waals surface area contributed by atoms with Gasteiger partial charge in [0.2, 0.25) is 5.91 Å². The summed E-state index contributed by atoms with van der Waals surface area (Å²) < 4.78 is 5.51. The van der Waals surface area contributed by atoms with Gasteiger partial charge in [-0.1, -0.05) is 43.1 Å². The molecule has 0 saturated carbocycles. The number of carbonyl (C=O) groups is 2. The van der Waals surface area contributed by atoms with Crippen molar-refractivity contribution in [2.75, 3.05) is 43.0 Å². The average Bonchev–Trinajstić information content (AvgIpc) is 2.73. The normalized spacial score (nSPS) is 14.0. The van der Waals surface area contributed by atoms with Gasteiger partial charge in [-0.15, -0.1) is 0 Å². The maximum atomic E-state index is 12.3. The van der Waals surface area contributed by atoms with Gasteiger partial charge in [0, 0.05) is 38.3 Å². The van der Waals surface area contributed by atoms with E-state index in [0.717, 1.165) is 24.3 Å². The molecule has 3 rings (SSSR count). The third kappa shape index (κ3) is 6.62. The minimum Gasteiger partial charge on any atom is -0.484 e. The first kappa shape index (κ1) is 22.9. The van der Waals surface area contributed by atoms with Gasteiger partial charge in [0.25, 0.3) is 5.91 Å². The summed E-state index contributed by atoms with van der Waals surface area (Å²) in [7, 11) is 0. The average molecular weight is 444 g/mol. The molecular formula is C24H30ClN3O3. The standard InChI is InChI=1S/C24H30ClN3O3/c1-17(2)14-24(30)28-12-10-27(11-13-28)22-9-6-19(15-21(22)25)26-23(29)16-31-20-7-4-18(3)5-8-20/h4-9,15,17H,10-14,16H2,1-3H3,(H,26,29). The number of carbonyl (C=O) groups excluding carboxylic acids is 2. The van der Waals surface area contributed by atoms with Crippen molar-refractivity contribution in [3.05, 3.63) is 53.1 Å². The smallest absolute Gasteiger partial charge is 0.262 e. The van der Waals surface area contributed by atoms with E-state index in [1.165, 1.54) is 0 Å². The van der Waals surface area contributed by atoms with Crippen LogP contribution in [0.1, 0.15) is 25.8 Å². The molecule has 0 radical (unpaired) electrons. The molecule has 1 saturated heterocycles. The summed E-state index contributed by atoms with van der Waals surface area (Å²) in [4.78, 5) is 28.6. The third-order valence-corrected chi connectivity index (χ3v) is 5.48. The van der Waals surface area contributed by atoms with Gasteiger partial charge in [0.1, 0.15) is 5.75 Å². The fourth-order valence-electron chi connectivity index (χ4n) is 3.50. The SMILES string of the molecule is Cc1ccc(OCC(=O)Nc2ccc(N3CCN(C(=O)CC(C)C)CC3)c(Cl)c2)cc1. The van der Waals surface area contributed by atoms with Gasteiger partial charge in [0.15, 0.2) is 6.61 Å². The van der Waals surface area contributed by atoms with E-state index < -0.39 is 0 Å². The molecule has 1 heterocycles. The van der Waals surface area contributed by atoms with Gasteiger partial charge in [-0.2, -0.15) is 0 Å². The summed E-state index contributed by atoms with van der Waals surface area (Å²) in [5.74, 6) is 0.985. The van der Waals surface area contributed by atoms with E-state index in [-0.39, 0.29) is 18.4 Å². The van der Waals surface area contributed by atoms with Gasteiger partial charge in [-0.05, 0) is 43.2 Å². The number of halogens is 1. The number of rotatable bonds is 7. The molecule has 0 spiro atoms. The van der Waals surface area contributed by atoms with E-state index in [2.05, 4.69) is 24.1 Å². The van der Waals surface area contributed by atoms with Gasteiger partial charge in [0.05, 0.1) is 10.7 Å². The number of benzene rings is 2. The molecule has 0 aromatic heterocycles. The third-order valence-electron chi connectivity index (χ3n) is 5.18. The highest BCUT2D eigenvalue weighted by Gasteiger charge is 2.23. The molecular weight excluding hydrogens is 414 g/mol. The van der Waals surface area contributed by atoms with Crippen LogP contribution in [0.2, 0.25) is 5.02 Å². The van der Waals surface area contributed by atoms with E-state index in [1.54, 1.807) is 6.07 Å². The molecule has 6 nitrogen and oxygen atoms in total. The van der Waals surface area contributed by atoms with Crippen LogP contribution in [0.4, 0.5) is 11.4 Å². The number of anilines is 2. The number of hydrogen-bond donors (Lipinski definition) is 1. The molecule has 31 heavy (non-hydrogen) atoms. The Labute approximate surface area is 189 Å². The Hall–Kier alpha value is -2.73. The Kier molecular flexibility index (Phi) is 7.80. The highest BCUT2D eigenvalue weighted by Crippen LogP contribution is 2.30. The Bertz CT molecular complexity index is 907. The number of ether oxygens (including phenoxy) is 1. The van der Waals surface area contributed by atoms with Crippen LogP contribution in [0.15, 0.2) is 42.5 Å². The fourth-order valence-corrected chi connectivity index (χ4v) is 3.80. The molecule has 7 heteroatoms. The Morgan fingerprint density at radius 2 is 1.74 bits per heavy atom. The van der Waals surface area contributed by atoms with Gasteiger partial charge in [-0.3, -0.25) is 9.59 Å². The predicted molar refractivity (Wildman–Crippen MR) is 125 cm³/mol. The van der Waals surface area contributed by atoms with E-state index in [0.29, 0.717) is 41.9 Å². The van der Waals surface area contributed by atoms with Gasteiger partial charge >= 0.3 is 0 Å². The molecule has 166 valence electrons. The molecule has 1 aliphatic heterocycles. The second-order valence-corrected chi connectivity index (χ2v) is 8.69. The molecule has 1 fully saturated rings. The van der Waals surface area contributed by atoms with E-state index in [4.69, 9.17) is 16.3 Å². The lowest BCUT2D eigenvalue weighted by Gasteiger charge is -2.36. The van der Waals surface area contributed by atoms with Crippen molar-refractivity contribution in [3.63, 3.8) is 0 Å². The zero-order valence-corrected chi connectivity index (χ0v) is 19.1. The van der Waals surface area contributed by atoms with E-state index >= 15 is 0 Å². The molecule has 2 amide bonds. The van der Waals surface area contributed by atoms with Crippen molar-refractivity contribution in [2.24, 2.45) is 5.92 Å². The second-order valence-electron chi connectivity index (χ2n) is 8.28. The monoisotopic (exact) mass is 443 g/mol. The predicted octanol–water partition coefficient (Wildman–Crippen LogP) is 4.36. The fraction of sp³-hybridized carbons (Fsp3) is 0.417.